The predicted octanol–water partition coefficient (Wildman–Crippen LogP) is 9.52. The number of nitro groups is 1. The predicted molar refractivity (Wildman–Crippen MR) is 290 cm³/mol. The summed E-state index contributed by atoms with van der Waals surface area (Å²) in [4.78, 5) is 116. The molecule has 0 bridgehead atoms. The summed E-state index contributed by atoms with van der Waals surface area (Å²) in [5.41, 5.74) is 0.221. The summed E-state index contributed by atoms with van der Waals surface area (Å²) in [5, 5.41) is 19.6. The number of carbonyl (C=O) groups is 8. The van der Waals surface area contributed by atoms with E-state index in [-0.39, 0.29) is 124 Å². The number of hydrogen-bond donors (Lipinski definition) is 0. The van der Waals surface area contributed by atoms with Crippen LogP contribution in [0.15, 0.2) is 134 Å². The highest BCUT2D eigenvalue weighted by Gasteiger charge is 2.35. The van der Waals surface area contributed by atoms with Gasteiger partial charge in [0.25, 0.3) is 5.69 Å². The van der Waals surface area contributed by atoms with Crippen LogP contribution < -0.4 is 37.9 Å². The molecule has 0 unspecified atom stereocenters. The van der Waals surface area contributed by atoms with Gasteiger partial charge in [-0.15, -0.1) is 10.2 Å². The Morgan fingerprint density at radius 3 is 1.24 bits per heavy atom. The van der Waals surface area contributed by atoms with Gasteiger partial charge in [0, 0.05) is 48.6 Å². The molecule has 5 aromatic rings. The molecule has 1 heterocycles. The number of azo groups is 1. The van der Waals surface area contributed by atoms with Crippen LogP contribution in [0, 0.1) is 33.8 Å². The van der Waals surface area contributed by atoms with Gasteiger partial charge in [-0.1, -0.05) is 37.7 Å². The number of nitro benzene ring substituents is 1. The van der Waals surface area contributed by atoms with Gasteiger partial charge in [0.05, 0.1) is 34.3 Å². The van der Waals surface area contributed by atoms with Crippen molar-refractivity contribution >= 4 is 85.8 Å². The summed E-state index contributed by atoms with van der Waals surface area (Å²) >= 11 is 0.967. The lowest BCUT2D eigenvalue weighted by Gasteiger charge is -2.26. The molecule has 27 heteroatoms. The maximum atomic E-state index is 13.8. The highest BCUT2D eigenvalue weighted by Crippen LogP contribution is 2.43. The molecule has 0 aliphatic heterocycles. The van der Waals surface area contributed by atoms with Gasteiger partial charge < -0.3 is 56.8 Å². The molecule has 438 valence electrons. The van der Waals surface area contributed by atoms with E-state index in [0.29, 0.717) is 0 Å². The number of rotatable bonds is 27. The number of hydrogen-bond acceptors (Lipinski definition) is 26. The van der Waals surface area contributed by atoms with Gasteiger partial charge in [0.15, 0.2) is 34.5 Å². The third-order valence-electron chi connectivity index (χ3n) is 12.6. The number of thiazole rings is 1. The Bertz CT molecular complexity index is 3170. The summed E-state index contributed by atoms with van der Waals surface area (Å²) in [5.74, 6) is -7.63. The minimum atomic E-state index is -0.763. The van der Waals surface area contributed by atoms with Crippen molar-refractivity contribution in [3.05, 3.63) is 134 Å². The number of fused-ring (bicyclic) bond motifs is 1. The fraction of sp³-hybridized carbons (Fsp3) is 0.281. The van der Waals surface area contributed by atoms with Crippen molar-refractivity contribution in [1.82, 2.24) is 4.98 Å². The second kappa shape index (κ2) is 29.9. The summed E-state index contributed by atoms with van der Waals surface area (Å²) in [6.07, 6.45) is 5.78. The molecule has 84 heavy (non-hydrogen) atoms. The molecule has 0 atom stereocenters. The quantitative estimate of drug-likeness (QED) is 0.00690. The van der Waals surface area contributed by atoms with Crippen LogP contribution in [0.1, 0.15) is 51.4 Å². The largest absolute Gasteiger partial charge is 0.453 e. The van der Waals surface area contributed by atoms with Crippen LogP contribution in [0.5, 0.6) is 46.0 Å². The average molecular weight is 1180 g/mol. The molecule has 0 amide bonds. The molecular formula is C57H52N4O22S. The number of carbonyl (C=O) groups excluding carboxylic acids is 8. The van der Waals surface area contributed by atoms with Crippen LogP contribution >= 0.6 is 11.3 Å². The van der Waals surface area contributed by atoms with Gasteiger partial charge in [-0.25, -0.2) is 24.2 Å². The fourth-order valence-electron chi connectivity index (χ4n) is 8.22. The van der Waals surface area contributed by atoms with Crippen molar-refractivity contribution in [2.45, 2.75) is 51.4 Å². The molecule has 2 saturated carbocycles. The number of nitrogens with zero attached hydrogens (tertiary/aromatic N) is 4. The van der Waals surface area contributed by atoms with E-state index >= 15 is 0 Å². The molecule has 0 N–H and O–H groups in total. The molecule has 2 aliphatic rings. The first-order chi connectivity index (χ1) is 40.5. The van der Waals surface area contributed by atoms with Gasteiger partial charge >= 0.3 is 47.8 Å². The normalized spacial score (nSPS) is 16.3. The fourth-order valence-corrected chi connectivity index (χ4v) is 9.07. The molecule has 7 rings (SSSR count). The summed E-state index contributed by atoms with van der Waals surface area (Å²) in [6, 6.07) is 16.4. The zero-order valence-corrected chi connectivity index (χ0v) is 45.4. The van der Waals surface area contributed by atoms with Gasteiger partial charge in [0.1, 0.15) is 21.7 Å². The zero-order valence-electron chi connectivity index (χ0n) is 44.5. The zero-order chi connectivity index (χ0) is 60.1. The van der Waals surface area contributed by atoms with E-state index in [1.54, 1.807) is 0 Å². The smallest absolute Gasteiger partial charge is 0.333 e. The molecule has 0 saturated heterocycles. The van der Waals surface area contributed by atoms with Crippen LogP contribution in [0.2, 0.25) is 0 Å². The maximum Gasteiger partial charge on any atom is 0.333 e. The van der Waals surface area contributed by atoms with Crippen molar-refractivity contribution in [2.24, 2.45) is 33.9 Å². The third-order valence-corrected chi connectivity index (χ3v) is 13.5. The van der Waals surface area contributed by atoms with E-state index in [1.807, 2.05) is 0 Å². The van der Waals surface area contributed by atoms with Crippen LogP contribution in [0.3, 0.4) is 0 Å². The van der Waals surface area contributed by atoms with Gasteiger partial charge in [-0.3, -0.25) is 29.3 Å². The standard InChI is InChI=1S/C57H52N4O22S/c1-5-47(62)76-29-72-41-23-21-39(27-45(41)74-31-78-49(64)7-3)80-53(66)33-9-13-35(14-10-33)55(68)82-43-25-26-44(52-51(43)58-57(84-52)60-59-37-17-19-38(20-18-37)61(70)71)83-56(69)36-15-11-34(12-16-36)54(67)81-40-22-24-42(73-30-77-48(63)6-2)46(28-40)75-32-79-50(65)8-4/h5-8,17-28,33-36H,1-4,9-16,29-32H2. The highest BCUT2D eigenvalue weighted by atomic mass is 32.1. The van der Waals surface area contributed by atoms with Crippen molar-refractivity contribution in [3.8, 4) is 46.0 Å². The minimum Gasteiger partial charge on any atom is -0.453 e. The lowest BCUT2D eigenvalue weighted by Crippen LogP contribution is -2.30. The number of ether oxygens (including phenoxy) is 12. The number of benzene rings is 4. The lowest BCUT2D eigenvalue weighted by molar-refractivity contribution is -0.384. The van der Waals surface area contributed by atoms with E-state index in [1.165, 1.54) is 72.8 Å². The Labute approximate surface area is 481 Å². The first-order valence-electron chi connectivity index (χ1n) is 25.5. The Hall–Kier alpha value is -10.3. The third kappa shape index (κ3) is 17.4. The Morgan fingerprint density at radius 2 is 0.845 bits per heavy atom. The average Bonchev–Trinajstić information content (AvgIpc) is 3.43. The van der Waals surface area contributed by atoms with Gasteiger partial charge in [-0.2, -0.15) is 0 Å². The van der Waals surface area contributed by atoms with Crippen LogP contribution in [-0.4, -0.2) is 84.8 Å². The Balaban J connectivity index is 0.984. The van der Waals surface area contributed by atoms with Crippen molar-refractivity contribution < 1.29 is 100 Å². The monoisotopic (exact) mass is 1180 g/mol. The van der Waals surface area contributed by atoms with Crippen LogP contribution in [0.4, 0.5) is 16.5 Å². The summed E-state index contributed by atoms with van der Waals surface area (Å²) in [7, 11) is 0. The number of non-ortho nitro benzene ring substituents is 1. The molecular weight excluding hydrogens is 1120 g/mol. The first kappa shape index (κ1) is 61.3. The second-order valence-electron chi connectivity index (χ2n) is 17.9. The SMILES string of the molecule is C=CC(=O)OCOc1ccc(OC(=O)C2CCC(C(=O)Oc3ccc(OC(=O)C4CCC(C(=O)Oc5ccc(OCOC(=O)C=C)c(OCOC(=O)C=C)c5)CC4)c4sc(N=Nc5ccc([N+](=O)[O-])cc5)nc34)CC2)cc1OCOC(=O)C=C. The van der Waals surface area contributed by atoms with Gasteiger partial charge in [-0.05, 0) is 99.9 Å². The summed E-state index contributed by atoms with van der Waals surface area (Å²) in [6.45, 7) is 11.1. The Kier molecular flexibility index (Phi) is 21.9. The highest BCUT2D eigenvalue weighted by molar-refractivity contribution is 7.22. The maximum absolute atomic E-state index is 13.8. The van der Waals surface area contributed by atoms with Gasteiger partial charge in [0.2, 0.25) is 32.3 Å². The number of aromatic nitrogens is 1. The van der Waals surface area contributed by atoms with Crippen molar-refractivity contribution in [1.29, 1.82) is 0 Å². The minimum absolute atomic E-state index is 0.0120. The molecule has 1 aromatic heterocycles. The molecule has 0 spiro atoms. The van der Waals surface area contributed by atoms with Crippen LogP contribution in [-0.2, 0) is 57.3 Å². The topological polar surface area (TPSA) is 328 Å². The van der Waals surface area contributed by atoms with Crippen molar-refractivity contribution in [2.75, 3.05) is 27.2 Å². The first-order valence-corrected chi connectivity index (χ1v) is 26.3. The van der Waals surface area contributed by atoms with E-state index in [4.69, 9.17) is 56.8 Å². The van der Waals surface area contributed by atoms with Crippen molar-refractivity contribution in [3.63, 3.8) is 0 Å². The van der Waals surface area contributed by atoms with E-state index in [9.17, 15) is 48.5 Å². The second-order valence-corrected chi connectivity index (χ2v) is 18.9. The lowest BCUT2D eigenvalue weighted by atomic mass is 9.82. The number of esters is 8. The summed E-state index contributed by atoms with van der Waals surface area (Å²) < 4.78 is 64.9. The molecule has 26 nitrogen and oxygen atoms in total. The van der Waals surface area contributed by atoms with E-state index in [0.717, 1.165) is 35.6 Å². The molecule has 2 fully saturated rings. The molecule has 2 aliphatic carbocycles. The molecule has 0 radical (unpaired) electrons. The van der Waals surface area contributed by atoms with E-state index < -0.39 is 104 Å². The van der Waals surface area contributed by atoms with Crippen LogP contribution in [0.25, 0.3) is 10.2 Å². The Morgan fingerprint density at radius 1 is 0.488 bits per heavy atom. The molecule has 4 aromatic carbocycles. The van der Waals surface area contributed by atoms with E-state index in [2.05, 4.69) is 41.5 Å².